The van der Waals surface area contributed by atoms with Crippen molar-refractivity contribution in [2.24, 2.45) is 0 Å². The Hall–Kier alpha value is -2.49. The molecule has 2 rings (SSSR count). The van der Waals surface area contributed by atoms with Gasteiger partial charge in [-0.2, -0.15) is 0 Å². The summed E-state index contributed by atoms with van der Waals surface area (Å²) in [5.74, 6) is 0.650. The fraction of sp³-hybridized carbons (Fsp3) is 0.0714. The highest BCUT2D eigenvalue weighted by Crippen LogP contribution is 2.09. The van der Waals surface area contributed by atoms with Gasteiger partial charge in [0.25, 0.3) is 0 Å². The third kappa shape index (κ3) is 3.52. The second-order valence-electron chi connectivity index (χ2n) is 3.73. The third-order valence-electron chi connectivity index (χ3n) is 2.35. The van der Waals surface area contributed by atoms with Gasteiger partial charge in [0.15, 0.2) is 0 Å². The molecule has 0 saturated carbocycles. The number of amides is 1. The van der Waals surface area contributed by atoms with E-state index in [1.54, 1.807) is 48.7 Å². The zero-order valence-corrected chi connectivity index (χ0v) is 9.67. The van der Waals surface area contributed by atoms with Gasteiger partial charge in [-0.05, 0) is 35.9 Å². The normalized spacial score (nSPS) is 10.7. The summed E-state index contributed by atoms with van der Waals surface area (Å²) in [6.07, 6.45) is 4.57. The van der Waals surface area contributed by atoms with Crippen molar-refractivity contribution in [2.45, 2.75) is 6.54 Å². The number of nitrogens with one attached hydrogen (secondary N) is 1. The first kappa shape index (κ1) is 12.0. The van der Waals surface area contributed by atoms with Gasteiger partial charge < -0.3 is 14.8 Å². The number of furan rings is 1. The van der Waals surface area contributed by atoms with Crippen molar-refractivity contribution in [1.29, 1.82) is 0 Å². The van der Waals surface area contributed by atoms with Crippen LogP contribution in [0.1, 0.15) is 11.3 Å². The molecule has 0 saturated heterocycles. The van der Waals surface area contributed by atoms with E-state index in [1.807, 2.05) is 0 Å². The minimum absolute atomic E-state index is 0.195. The SMILES string of the molecule is O=C(/C=C/c1ccco1)NCc1ccc(O)cc1. The quantitative estimate of drug-likeness (QED) is 0.810. The Morgan fingerprint density at radius 2 is 2.06 bits per heavy atom. The molecule has 1 aromatic carbocycles. The molecule has 18 heavy (non-hydrogen) atoms. The highest BCUT2D eigenvalue weighted by Gasteiger charge is 1.97. The largest absolute Gasteiger partial charge is 0.508 e. The summed E-state index contributed by atoms with van der Waals surface area (Å²) in [7, 11) is 0. The number of phenolic OH excluding ortho intramolecular Hbond substituents is 1. The molecule has 0 radical (unpaired) electrons. The van der Waals surface area contributed by atoms with Gasteiger partial charge in [-0.3, -0.25) is 4.79 Å². The van der Waals surface area contributed by atoms with Crippen LogP contribution in [-0.4, -0.2) is 11.0 Å². The Balaban J connectivity index is 1.83. The molecule has 0 unspecified atom stereocenters. The predicted octanol–water partition coefficient (Wildman–Crippen LogP) is 2.31. The molecule has 0 fully saturated rings. The highest BCUT2D eigenvalue weighted by molar-refractivity contribution is 5.91. The monoisotopic (exact) mass is 243 g/mol. The van der Waals surface area contributed by atoms with Crippen molar-refractivity contribution in [3.63, 3.8) is 0 Å². The fourth-order valence-corrected chi connectivity index (χ4v) is 1.41. The molecule has 0 aliphatic heterocycles. The standard InChI is InChI=1S/C14H13NO3/c16-12-5-3-11(4-6-12)10-15-14(17)8-7-13-2-1-9-18-13/h1-9,16H,10H2,(H,15,17)/b8-7+. The lowest BCUT2D eigenvalue weighted by Crippen LogP contribution is -2.20. The first-order valence-corrected chi connectivity index (χ1v) is 5.51. The average Bonchev–Trinajstić information content (AvgIpc) is 2.89. The molecule has 2 aromatic rings. The third-order valence-corrected chi connectivity index (χ3v) is 2.35. The van der Waals surface area contributed by atoms with Crippen LogP contribution in [0, 0.1) is 0 Å². The van der Waals surface area contributed by atoms with Crippen molar-refractivity contribution < 1.29 is 14.3 Å². The van der Waals surface area contributed by atoms with Crippen LogP contribution in [0.15, 0.2) is 53.2 Å². The van der Waals surface area contributed by atoms with E-state index in [0.717, 1.165) is 5.56 Å². The Morgan fingerprint density at radius 3 is 2.72 bits per heavy atom. The fourth-order valence-electron chi connectivity index (χ4n) is 1.41. The lowest BCUT2D eigenvalue weighted by Gasteiger charge is -2.02. The smallest absolute Gasteiger partial charge is 0.244 e. The topological polar surface area (TPSA) is 62.5 Å². The maximum Gasteiger partial charge on any atom is 0.244 e. The van der Waals surface area contributed by atoms with Gasteiger partial charge in [-0.1, -0.05) is 12.1 Å². The van der Waals surface area contributed by atoms with Crippen molar-refractivity contribution in [1.82, 2.24) is 5.32 Å². The number of phenols is 1. The van der Waals surface area contributed by atoms with Gasteiger partial charge in [0.2, 0.25) is 5.91 Å². The molecular formula is C14H13NO3. The summed E-state index contributed by atoms with van der Waals surface area (Å²) in [6, 6.07) is 10.2. The van der Waals surface area contributed by atoms with E-state index in [1.165, 1.54) is 6.08 Å². The van der Waals surface area contributed by atoms with Crippen molar-refractivity contribution in [3.05, 3.63) is 60.1 Å². The Labute approximate surface area is 105 Å². The number of aromatic hydroxyl groups is 1. The number of carbonyl (C=O) groups excluding carboxylic acids is 1. The number of benzene rings is 1. The molecule has 4 heteroatoms. The van der Waals surface area contributed by atoms with Crippen LogP contribution in [0.5, 0.6) is 5.75 Å². The van der Waals surface area contributed by atoms with Crippen molar-refractivity contribution >= 4 is 12.0 Å². The van der Waals surface area contributed by atoms with Crippen LogP contribution in [0.2, 0.25) is 0 Å². The van der Waals surface area contributed by atoms with E-state index in [-0.39, 0.29) is 11.7 Å². The van der Waals surface area contributed by atoms with Crippen LogP contribution >= 0.6 is 0 Å². The van der Waals surface area contributed by atoms with Gasteiger partial charge in [0.05, 0.1) is 6.26 Å². The molecule has 0 spiro atoms. The van der Waals surface area contributed by atoms with Gasteiger partial charge in [0, 0.05) is 12.6 Å². The number of rotatable bonds is 4. The Bertz CT molecular complexity index is 527. The second-order valence-corrected chi connectivity index (χ2v) is 3.73. The molecule has 0 atom stereocenters. The molecule has 0 bridgehead atoms. The Kier molecular flexibility index (Phi) is 3.81. The van der Waals surface area contributed by atoms with E-state index in [0.29, 0.717) is 12.3 Å². The van der Waals surface area contributed by atoms with Crippen LogP contribution in [0.25, 0.3) is 6.08 Å². The van der Waals surface area contributed by atoms with Crippen LogP contribution < -0.4 is 5.32 Å². The summed E-state index contributed by atoms with van der Waals surface area (Å²) >= 11 is 0. The molecule has 0 aliphatic carbocycles. The molecular weight excluding hydrogens is 230 g/mol. The minimum atomic E-state index is -0.195. The van der Waals surface area contributed by atoms with Crippen LogP contribution in [0.3, 0.4) is 0 Å². The van der Waals surface area contributed by atoms with E-state index in [9.17, 15) is 4.79 Å². The van der Waals surface area contributed by atoms with Gasteiger partial charge in [-0.15, -0.1) is 0 Å². The molecule has 0 aliphatic rings. The molecule has 4 nitrogen and oxygen atoms in total. The van der Waals surface area contributed by atoms with Crippen molar-refractivity contribution in [2.75, 3.05) is 0 Å². The molecule has 92 valence electrons. The summed E-state index contributed by atoms with van der Waals surface area (Å²) in [6.45, 7) is 0.418. The first-order valence-electron chi connectivity index (χ1n) is 5.51. The van der Waals surface area contributed by atoms with Crippen molar-refractivity contribution in [3.8, 4) is 5.75 Å². The minimum Gasteiger partial charge on any atom is -0.508 e. The maximum atomic E-state index is 11.5. The molecule has 1 aromatic heterocycles. The summed E-state index contributed by atoms with van der Waals surface area (Å²) < 4.78 is 5.07. The lowest BCUT2D eigenvalue weighted by molar-refractivity contribution is -0.116. The Morgan fingerprint density at radius 1 is 1.28 bits per heavy atom. The van der Waals surface area contributed by atoms with E-state index >= 15 is 0 Å². The molecule has 1 heterocycles. The number of hydrogen-bond acceptors (Lipinski definition) is 3. The highest BCUT2D eigenvalue weighted by atomic mass is 16.3. The van der Waals surface area contributed by atoms with E-state index in [4.69, 9.17) is 9.52 Å². The van der Waals surface area contributed by atoms with Gasteiger partial charge >= 0.3 is 0 Å². The zero-order valence-electron chi connectivity index (χ0n) is 9.67. The van der Waals surface area contributed by atoms with Gasteiger partial charge in [-0.25, -0.2) is 0 Å². The molecule has 1 amide bonds. The lowest BCUT2D eigenvalue weighted by atomic mass is 10.2. The average molecular weight is 243 g/mol. The number of hydrogen-bond donors (Lipinski definition) is 2. The van der Waals surface area contributed by atoms with Crippen LogP contribution in [-0.2, 0) is 11.3 Å². The number of carbonyl (C=O) groups is 1. The summed E-state index contributed by atoms with van der Waals surface area (Å²) in [5.41, 5.74) is 0.924. The predicted molar refractivity (Wildman–Crippen MR) is 67.7 cm³/mol. The summed E-state index contributed by atoms with van der Waals surface area (Å²) in [5, 5.41) is 11.8. The molecule has 2 N–H and O–H groups in total. The van der Waals surface area contributed by atoms with E-state index < -0.39 is 0 Å². The summed E-state index contributed by atoms with van der Waals surface area (Å²) in [4.78, 5) is 11.5. The van der Waals surface area contributed by atoms with Crippen LogP contribution in [0.4, 0.5) is 0 Å². The second kappa shape index (κ2) is 5.72. The van der Waals surface area contributed by atoms with E-state index in [2.05, 4.69) is 5.32 Å². The maximum absolute atomic E-state index is 11.5. The zero-order chi connectivity index (χ0) is 12.8. The first-order chi connectivity index (χ1) is 8.74. The van der Waals surface area contributed by atoms with Gasteiger partial charge in [0.1, 0.15) is 11.5 Å².